The molecule has 160 valence electrons. The van der Waals surface area contributed by atoms with Gasteiger partial charge in [-0.15, -0.1) is 0 Å². The van der Waals surface area contributed by atoms with E-state index in [1.807, 2.05) is 13.8 Å². The molecule has 0 amide bonds. The summed E-state index contributed by atoms with van der Waals surface area (Å²) >= 11 is 0. The number of ether oxygens (including phenoxy) is 2. The quantitative estimate of drug-likeness (QED) is 0.394. The maximum absolute atomic E-state index is 12.4. The highest BCUT2D eigenvalue weighted by Crippen LogP contribution is 2.37. The molecule has 0 saturated carbocycles. The Labute approximate surface area is 173 Å². The Morgan fingerprint density at radius 1 is 1.10 bits per heavy atom. The van der Waals surface area contributed by atoms with Gasteiger partial charge in [0.2, 0.25) is 0 Å². The zero-order chi connectivity index (χ0) is 21.7. The zero-order valence-electron chi connectivity index (χ0n) is 17.0. The molecule has 0 radical (unpaired) electrons. The van der Waals surface area contributed by atoms with Crippen molar-refractivity contribution in [2.24, 2.45) is 5.73 Å². The van der Waals surface area contributed by atoms with E-state index in [9.17, 15) is 15.0 Å². The normalized spacial score (nSPS) is 11.2. The second-order valence-electron chi connectivity index (χ2n) is 7.01. The lowest BCUT2D eigenvalue weighted by atomic mass is 9.98. The summed E-state index contributed by atoms with van der Waals surface area (Å²) in [6, 6.07) is 9.81. The van der Waals surface area contributed by atoms with Crippen LogP contribution in [0, 0.1) is 0 Å². The molecule has 0 aliphatic heterocycles. The number of hydrogen-bond acceptors (Lipinski definition) is 7. The standard InChI is InChI=1S/C21H26N4O5/c1-13(2)16-11-17(19(27)12-18(16)26)20-23-24-21(28)25(20)14-3-5-15(6-4-14)30-10-9-29-8-7-22/h3-6,11-13,26-27H,7-10,22H2,1-2H3,(H,24,28). The molecule has 5 N–H and O–H groups in total. The molecule has 3 rings (SSSR count). The van der Waals surface area contributed by atoms with Gasteiger partial charge < -0.3 is 25.4 Å². The minimum atomic E-state index is -0.451. The Morgan fingerprint density at radius 3 is 2.50 bits per heavy atom. The van der Waals surface area contributed by atoms with Crippen LogP contribution >= 0.6 is 0 Å². The van der Waals surface area contributed by atoms with Crippen molar-refractivity contribution < 1.29 is 19.7 Å². The predicted octanol–water partition coefficient (Wildman–Crippen LogP) is 2.12. The smallest absolute Gasteiger partial charge is 0.348 e. The molecule has 0 bridgehead atoms. The summed E-state index contributed by atoms with van der Waals surface area (Å²) < 4.78 is 12.2. The first-order valence-corrected chi connectivity index (χ1v) is 9.67. The van der Waals surface area contributed by atoms with Crippen LogP contribution in [0.4, 0.5) is 0 Å². The lowest BCUT2D eigenvalue weighted by Crippen LogP contribution is -2.16. The third-order valence-electron chi connectivity index (χ3n) is 4.53. The number of hydrogen-bond donors (Lipinski definition) is 4. The third-order valence-corrected chi connectivity index (χ3v) is 4.53. The van der Waals surface area contributed by atoms with Gasteiger partial charge in [0.05, 0.1) is 24.5 Å². The minimum absolute atomic E-state index is 0.00683. The van der Waals surface area contributed by atoms with Crippen LogP contribution in [0.5, 0.6) is 17.2 Å². The molecular formula is C21H26N4O5. The molecule has 0 fully saturated rings. The van der Waals surface area contributed by atoms with Gasteiger partial charge in [-0.2, -0.15) is 5.10 Å². The Balaban J connectivity index is 1.88. The van der Waals surface area contributed by atoms with Crippen molar-refractivity contribution in [3.05, 3.63) is 52.4 Å². The van der Waals surface area contributed by atoms with Gasteiger partial charge in [-0.25, -0.2) is 14.5 Å². The number of nitrogens with one attached hydrogen (secondary N) is 1. The second kappa shape index (κ2) is 9.47. The first-order valence-electron chi connectivity index (χ1n) is 9.67. The topological polar surface area (TPSA) is 136 Å². The van der Waals surface area contributed by atoms with Gasteiger partial charge in [0.15, 0.2) is 5.82 Å². The van der Waals surface area contributed by atoms with Crippen molar-refractivity contribution in [3.63, 3.8) is 0 Å². The average molecular weight is 414 g/mol. The number of rotatable bonds is 9. The van der Waals surface area contributed by atoms with Crippen LogP contribution in [0.25, 0.3) is 17.1 Å². The van der Waals surface area contributed by atoms with Gasteiger partial charge in [0, 0.05) is 12.6 Å². The van der Waals surface area contributed by atoms with Crippen LogP contribution in [-0.4, -0.2) is 51.3 Å². The molecule has 3 aromatic rings. The van der Waals surface area contributed by atoms with Crippen LogP contribution < -0.4 is 16.2 Å². The van der Waals surface area contributed by atoms with E-state index in [-0.39, 0.29) is 23.2 Å². The van der Waals surface area contributed by atoms with Gasteiger partial charge in [0.25, 0.3) is 0 Å². The highest BCUT2D eigenvalue weighted by molar-refractivity contribution is 5.69. The van der Waals surface area contributed by atoms with E-state index in [1.165, 1.54) is 10.6 Å². The van der Waals surface area contributed by atoms with Crippen molar-refractivity contribution in [1.82, 2.24) is 14.8 Å². The summed E-state index contributed by atoms with van der Waals surface area (Å²) in [5, 5.41) is 27.0. The number of aromatic nitrogens is 3. The summed E-state index contributed by atoms with van der Waals surface area (Å²) in [6.45, 7) is 5.61. The molecule has 30 heavy (non-hydrogen) atoms. The van der Waals surface area contributed by atoms with E-state index in [4.69, 9.17) is 15.2 Å². The largest absolute Gasteiger partial charge is 0.508 e. The summed E-state index contributed by atoms with van der Waals surface area (Å²) in [5.74, 6) is 0.710. The number of nitrogens with zero attached hydrogens (tertiary/aromatic N) is 2. The number of phenols is 2. The molecular weight excluding hydrogens is 388 g/mol. The Morgan fingerprint density at radius 2 is 1.83 bits per heavy atom. The van der Waals surface area contributed by atoms with Crippen LogP contribution in [0.3, 0.4) is 0 Å². The Bertz CT molecular complexity index is 1040. The van der Waals surface area contributed by atoms with Crippen LogP contribution in [0.1, 0.15) is 25.3 Å². The fraction of sp³-hybridized carbons (Fsp3) is 0.333. The molecule has 1 heterocycles. The number of H-pyrrole nitrogens is 1. The molecule has 9 nitrogen and oxygen atoms in total. The van der Waals surface area contributed by atoms with Gasteiger partial charge in [0.1, 0.15) is 23.9 Å². The fourth-order valence-corrected chi connectivity index (χ4v) is 3.05. The van der Waals surface area contributed by atoms with E-state index in [2.05, 4.69) is 10.2 Å². The monoisotopic (exact) mass is 414 g/mol. The van der Waals surface area contributed by atoms with Crippen molar-refractivity contribution >= 4 is 0 Å². The van der Waals surface area contributed by atoms with Gasteiger partial charge in [-0.1, -0.05) is 13.8 Å². The maximum Gasteiger partial charge on any atom is 0.348 e. The summed E-state index contributed by atoms with van der Waals surface area (Å²) in [7, 11) is 0. The Hall–Kier alpha value is -3.30. The van der Waals surface area contributed by atoms with E-state index < -0.39 is 5.69 Å². The summed E-state index contributed by atoms with van der Waals surface area (Å²) in [6.07, 6.45) is 0. The molecule has 0 atom stereocenters. The summed E-state index contributed by atoms with van der Waals surface area (Å²) in [4.78, 5) is 12.4. The number of aromatic hydroxyl groups is 2. The minimum Gasteiger partial charge on any atom is -0.508 e. The van der Waals surface area contributed by atoms with E-state index in [0.717, 1.165) is 0 Å². The SMILES string of the molecule is CC(C)c1cc(-c2n[nH]c(=O)n2-c2ccc(OCCOCCN)cc2)c(O)cc1O. The van der Waals surface area contributed by atoms with Gasteiger partial charge in [-0.05, 0) is 41.8 Å². The van der Waals surface area contributed by atoms with Crippen LogP contribution in [0.2, 0.25) is 0 Å². The highest BCUT2D eigenvalue weighted by atomic mass is 16.5. The first-order chi connectivity index (χ1) is 14.4. The highest BCUT2D eigenvalue weighted by Gasteiger charge is 2.19. The third kappa shape index (κ3) is 4.64. The summed E-state index contributed by atoms with van der Waals surface area (Å²) in [5.41, 5.74) is 6.44. The predicted molar refractivity (Wildman–Crippen MR) is 112 cm³/mol. The molecule has 0 spiro atoms. The first kappa shape index (κ1) is 21.4. The molecule has 0 unspecified atom stereocenters. The zero-order valence-corrected chi connectivity index (χ0v) is 17.0. The van der Waals surface area contributed by atoms with E-state index >= 15 is 0 Å². The number of benzene rings is 2. The second-order valence-corrected chi connectivity index (χ2v) is 7.01. The fourth-order valence-electron chi connectivity index (χ4n) is 3.05. The average Bonchev–Trinajstić information content (AvgIpc) is 3.09. The number of nitrogens with two attached hydrogens (primary N) is 1. The molecule has 0 aliphatic rings. The van der Waals surface area contributed by atoms with Crippen LogP contribution in [-0.2, 0) is 4.74 Å². The number of aromatic amines is 1. The number of phenolic OH excluding ortho intramolecular Hbond substituents is 2. The molecule has 2 aromatic carbocycles. The van der Waals surface area contributed by atoms with Crippen molar-refractivity contribution in [2.45, 2.75) is 19.8 Å². The lowest BCUT2D eigenvalue weighted by Gasteiger charge is -2.13. The van der Waals surface area contributed by atoms with Crippen molar-refractivity contribution in [2.75, 3.05) is 26.4 Å². The van der Waals surface area contributed by atoms with Crippen molar-refractivity contribution in [1.29, 1.82) is 0 Å². The van der Waals surface area contributed by atoms with E-state index in [1.54, 1.807) is 30.3 Å². The van der Waals surface area contributed by atoms with Crippen LogP contribution in [0.15, 0.2) is 41.2 Å². The molecule has 0 saturated heterocycles. The Kier molecular flexibility index (Phi) is 6.76. The molecule has 9 heteroatoms. The molecule has 1 aromatic heterocycles. The lowest BCUT2D eigenvalue weighted by molar-refractivity contribution is 0.106. The van der Waals surface area contributed by atoms with E-state index in [0.29, 0.717) is 48.9 Å². The van der Waals surface area contributed by atoms with Gasteiger partial charge >= 0.3 is 5.69 Å². The molecule has 0 aliphatic carbocycles. The van der Waals surface area contributed by atoms with Gasteiger partial charge in [-0.3, -0.25) is 0 Å². The van der Waals surface area contributed by atoms with Crippen molar-refractivity contribution in [3.8, 4) is 34.3 Å². The maximum atomic E-state index is 12.4.